The molecule has 0 fully saturated rings. The van der Waals surface area contributed by atoms with Crippen LogP contribution in [0.2, 0.25) is 0 Å². The molecule has 1 atom stereocenters. The van der Waals surface area contributed by atoms with Gasteiger partial charge in [0.15, 0.2) is 0 Å². The van der Waals surface area contributed by atoms with E-state index in [9.17, 15) is 8.78 Å². The monoisotopic (exact) mass is 191 g/mol. The molecule has 0 aliphatic heterocycles. The summed E-state index contributed by atoms with van der Waals surface area (Å²) in [5, 5.41) is 0. The van der Waals surface area contributed by atoms with Crippen molar-refractivity contribution >= 4 is 13.5 Å². The van der Waals surface area contributed by atoms with Crippen molar-refractivity contribution in [1.29, 1.82) is 0 Å². The van der Waals surface area contributed by atoms with E-state index in [1.807, 2.05) is 0 Å². The lowest BCUT2D eigenvalue weighted by Crippen LogP contribution is -2.18. The van der Waals surface area contributed by atoms with E-state index >= 15 is 0 Å². The lowest BCUT2D eigenvalue weighted by Gasteiger charge is -2.09. The first-order valence-electron chi connectivity index (χ1n) is 3.30. The zero-order chi connectivity index (χ0) is 8.27. The quantitative estimate of drug-likeness (QED) is 0.760. The summed E-state index contributed by atoms with van der Waals surface area (Å²) in [5.41, 5.74) is 5.66. The van der Waals surface area contributed by atoms with Crippen LogP contribution >= 0.6 is 13.5 Å². The molecule has 0 radical (unpaired) electrons. The predicted molar refractivity (Wildman–Crippen MR) is 49.8 cm³/mol. The van der Waals surface area contributed by atoms with Crippen LogP contribution in [0.5, 0.6) is 0 Å². The van der Waals surface area contributed by atoms with Crippen LogP contribution in [0.15, 0.2) is 30.3 Å². The second-order valence-electron chi connectivity index (χ2n) is 2.27. The lowest BCUT2D eigenvalue weighted by atomic mass is 10.1. The number of rotatable bonds is 2. The summed E-state index contributed by atoms with van der Waals surface area (Å²) in [4.78, 5) is 0. The average molecular weight is 191 g/mol. The highest BCUT2D eigenvalue weighted by Crippen LogP contribution is 2.16. The predicted octanol–water partition coefficient (Wildman–Crippen LogP) is 2.06. The summed E-state index contributed by atoms with van der Waals surface area (Å²) < 4.78 is 24.0. The van der Waals surface area contributed by atoms with E-state index in [1.165, 1.54) is 0 Å². The van der Waals surface area contributed by atoms with Gasteiger partial charge in [-0.05, 0) is 5.56 Å². The van der Waals surface area contributed by atoms with Gasteiger partial charge in [0.1, 0.15) is 0 Å². The van der Waals surface area contributed by atoms with Gasteiger partial charge in [0.25, 0.3) is 6.43 Å². The summed E-state index contributed by atoms with van der Waals surface area (Å²) in [7, 11) is 0. The van der Waals surface area contributed by atoms with Gasteiger partial charge in [-0.3, -0.25) is 0 Å². The standard InChI is InChI=1S/C8H9F2N.H2S/c9-8(10)7(11)6-4-2-1-3-5-6;/h1-5,7-8H,11H2;1H2/t7-;/m0./s1. The third-order valence-corrected chi connectivity index (χ3v) is 1.46. The molecule has 0 heterocycles. The van der Waals surface area contributed by atoms with Crippen molar-refractivity contribution in [2.75, 3.05) is 0 Å². The van der Waals surface area contributed by atoms with Crippen molar-refractivity contribution in [3.05, 3.63) is 35.9 Å². The Morgan fingerprint density at radius 2 is 1.58 bits per heavy atom. The minimum absolute atomic E-state index is 0. The third kappa shape index (κ3) is 2.79. The number of hydrogen-bond acceptors (Lipinski definition) is 1. The molecule has 0 unspecified atom stereocenters. The average Bonchev–Trinajstić information content (AvgIpc) is 2.05. The maximum atomic E-state index is 12.0. The van der Waals surface area contributed by atoms with Crippen LogP contribution in [-0.4, -0.2) is 6.43 Å². The van der Waals surface area contributed by atoms with Crippen molar-refractivity contribution in [3.8, 4) is 0 Å². The molecule has 0 spiro atoms. The smallest absolute Gasteiger partial charge is 0.257 e. The van der Waals surface area contributed by atoms with E-state index in [-0.39, 0.29) is 13.5 Å². The summed E-state index contributed by atoms with van der Waals surface area (Å²) >= 11 is 0. The van der Waals surface area contributed by atoms with Gasteiger partial charge in [-0.1, -0.05) is 30.3 Å². The highest BCUT2D eigenvalue weighted by atomic mass is 32.1. The molecule has 0 aliphatic carbocycles. The summed E-state index contributed by atoms with van der Waals surface area (Å²) in [5.74, 6) is 0. The van der Waals surface area contributed by atoms with Crippen molar-refractivity contribution in [2.45, 2.75) is 12.5 Å². The maximum absolute atomic E-state index is 12.0. The third-order valence-electron chi connectivity index (χ3n) is 1.46. The molecular weight excluding hydrogens is 180 g/mol. The fraction of sp³-hybridized carbons (Fsp3) is 0.250. The van der Waals surface area contributed by atoms with Crippen molar-refractivity contribution in [3.63, 3.8) is 0 Å². The van der Waals surface area contributed by atoms with Crippen LogP contribution < -0.4 is 5.73 Å². The number of nitrogens with two attached hydrogens (primary N) is 1. The highest BCUT2D eigenvalue weighted by molar-refractivity contribution is 7.59. The van der Waals surface area contributed by atoms with Crippen LogP contribution in [-0.2, 0) is 0 Å². The Morgan fingerprint density at radius 1 is 1.08 bits per heavy atom. The van der Waals surface area contributed by atoms with Gasteiger partial charge in [-0.25, -0.2) is 8.78 Å². The molecule has 0 saturated heterocycles. The van der Waals surface area contributed by atoms with Crippen LogP contribution in [0.1, 0.15) is 11.6 Å². The van der Waals surface area contributed by atoms with Gasteiger partial charge in [-0.15, -0.1) is 0 Å². The number of hydrogen-bond donors (Lipinski definition) is 1. The molecule has 4 heteroatoms. The minimum Gasteiger partial charge on any atom is -0.319 e. The molecule has 2 N–H and O–H groups in total. The molecule has 1 aromatic rings. The summed E-state index contributed by atoms with van der Waals surface area (Å²) in [6.45, 7) is 0. The number of halogens is 2. The Morgan fingerprint density at radius 3 is 2.00 bits per heavy atom. The van der Waals surface area contributed by atoms with Gasteiger partial charge in [-0.2, -0.15) is 13.5 Å². The van der Waals surface area contributed by atoms with E-state index in [0.29, 0.717) is 5.56 Å². The molecule has 1 nitrogen and oxygen atoms in total. The van der Waals surface area contributed by atoms with E-state index in [4.69, 9.17) is 5.73 Å². The Kier molecular flexibility index (Phi) is 4.85. The zero-order valence-electron chi connectivity index (χ0n) is 6.37. The Balaban J connectivity index is 0.00000121. The Labute approximate surface area is 77.0 Å². The normalized spacial score (nSPS) is 12.3. The van der Waals surface area contributed by atoms with Crippen molar-refractivity contribution in [1.82, 2.24) is 0 Å². The largest absolute Gasteiger partial charge is 0.319 e. The summed E-state index contributed by atoms with van der Waals surface area (Å²) in [6.07, 6.45) is -2.49. The molecule has 1 rings (SSSR count). The van der Waals surface area contributed by atoms with E-state index in [0.717, 1.165) is 0 Å². The lowest BCUT2D eigenvalue weighted by molar-refractivity contribution is 0.116. The van der Waals surface area contributed by atoms with E-state index in [2.05, 4.69) is 0 Å². The molecule has 0 saturated carbocycles. The van der Waals surface area contributed by atoms with Crippen LogP contribution in [0.25, 0.3) is 0 Å². The Bertz CT molecular complexity index is 216. The summed E-state index contributed by atoms with van der Waals surface area (Å²) in [6, 6.07) is 7.18. The van der Waals surface area contributed by atoms with E-state index < -0.39 is 12.5 Å². The van der Waals surface area contributed by atoms with Gasteiger partial charge in [0, 0.05) is 0 Å². The van der Waals surface area contributed by atoms with Crippen LogP contribution in [0.3, 0.4) is 0 Å². The molecule has 12 heavy (non-hydrogen) atoms. The first kappa shape index (κ1) is 11.4. The first-order chi connectivity index (χ1) is 5.22. The molecule has 0 bridgehead atoms. The maximum Gasteiger partial charge on any atom is 0.257 e. The van der Waals surface area contributed by atoms with Gasteiger partial charge in [0.05, 0.1) is 6.04 Å². The van der Waals surface area contributed by atoms with Crippen LogP contribution in [0, 0.1) is 0 Å². The minimum atomic E-state index is -2.49. The molecule has 0 amide bonds. The SMILES string of the molecule is N[C@@H](c1ccccc1)C(F)F.S. The molecule has 68 valence electrons. The van der Waals surface area contributed by atoms with Crippen LogP contribution in [0.4, 0.5) is 8.78 Å². The second kappa shape index (κ2) is 5.11. The molecule has 1 aromatic carbocycles. The zero-order valence-corrected chi connectivity index (χ0v) is 7.37. The highest BCUT2D eigenvalue weighted by Gasteiger charge is 2.16. The topological polar surface area (TPSA) is 26.0 Å². The molecule has 0 aromatic heterocycles. The fourth-order valence-electron chi connectivity index (χ4n) is 0.821. The number of benzene rings is 1. The van der Waals surface area contributed by atoms with Crippen molar-refractivity contribution < 1.29 is 8.78 Å². The van der Waals surface area contributed by atoms with Gasteiger partial charge >= 0.3 is 0 Å². The second-order valence-corrected chi connectivity index (χ2v) is 2.27. The Hall–Kier alpha value is -0.610. The van der Waals surface area contributed by atoms with Gasteiger partial charge < -0.3 is 5.73 Å². The fourth-order valence-corrected chi connectivity index (χ4v) is 0.821. The van der Waals surface area contributed by atoms with Crippen molar-refractivity contribution in [2.24, 2.45) is 5.73 Å². The molecular formula is C8H11F2NS. The first-order valence-corrected chi connectivity index (χ1v) is 3.30. The number of alkyl halides is 2. The molecule has 0 aliphatic rings. The van der Waals surface area contributed by atoms with E-state index in [1.54, 1.807) is 30.3 Å². The van der Waals surface area contributed by atoms with Gasteiger partial charge in [0.2, 0.25) is 0 Å².